The highest BCUT2D eigenvalue weighted by Crippen LogP contribution is 2.29. The van der Waals surface area contributed by atoms with Crippen LogP contribution in [0.25, 0.3) is 0 Å². The summed E-state index contributed by atoms with van der Waals surface area (Å²) >= 11 is 0. The van der Waals surface area contributed by atoms with E-state index in [1.807, 2.05) is 11.8 Å². The number of amides is 2. The number of aromatic nitrogens is 3. The lowest BCUT2D eigenvalue weighted by atomic mass is 9.95. The number of Topliss-reactive ketones (excluding diaryl/α,β-unsaturated/α-hetero) is 1. The first-order valence-electron chi connectivity index (χ1n) is 9.08. The van der Waals surface area contributed by atoms with Gasteiger partial charge in [-0.3, -0.25) is 14.4 Å². The van der Waals surface area contributed by atoms with Crippen LogP contribution in [-0.4, -0.2) is 50.1 Å². The predicted octanol–water partition coefficient (Wildman–Crippen LogP) is 1.54. The summed E-state index contributed by atoms with van der Waals surface area (Å²) in [6, 6.07) is 0. The summed E-state index contributed by atoms with van der Waals surface area (Å²) in [7, 11) is 0. The van der Waals surface area contributed by atoms with Gasteiger partial charge in [0.1, 0.15) is 12.4 Å². The van der Waals surface area contributed by atoms with Crippen LogP contribution in [0.5, 0.6) is 0 Å². The number of nitrogens with one attached hydrogen (secondary N) is 1. The number of piperidine rings is 1. The van der Waals surface area contributed by atoms with Crippen molar-refractivity contribution in [3.63, 3.8) is 0 Å². The number of H-pyrrole nitrogens is 1. The quantitative estimate of drug-likeness (QED) is 0.776. The zero-order valence-corrected chi connectivity index (χ0v) is 15.9. The Morgan fingerprint density at radius 3 is 2.48 bits per heavy atom. The molecule has 1 saturated heterocycles. The molecule has 0 spiro atoms. The molecule has 0 bridgehead atoms. The van der Waals surface area contributed by atoms with Crippen molar-refractivity contribution >= 4 is 17.6 Å². The average molecular weight is 371 g/mol. The van der Waals surface area contributed by atoms with E-state index in [1.54, 1.807) is 23.9 Å². The Morgan fingerprint density at radius 2 is 1.93 bits per heavy atom. The number of likely N-dealkylation sites (tertiary alicyclic amines) is 1. The van der Waals surface area contributed by atoms with Crippen LogP contribution in [0.4, 0.5) is 0 Å². The SMILES string of the molecule is CC(=O)c1[nH]c(C)c(C(=O)N2CCC(c3nccn3CC(N)=O)CC2)c1C. The van der Waals surface area contributed by atoms with Gasteiger partial charge in [0.2, 0.25) is 5.91 Å². The lowest BCUT2D eigenvalue weighted by molar-refractivity contribution is -0.118. The topological polar surface area (TPSA) is 114 Å². The third-order valence-corrected chi connectivity index (χ3v) is 5.22. The molecule has 0 atom stereocenters. The minimum Gasteiger partial charge on any atom is -0.368 e. The molecule has 27 heavy (non-hydrogen) atoms. The van der Waals surface area contributed by atoms with Crippen LogP contribution >= 0.6 is 0 Å². The van der Waals surface area contributed by atoms with Crippen LogP contribution in [0, 0.1) is 13.8 Å². The van der Waals surface area contributed by atoms with Gasteiger partial charge in [-0.05, 0) is 32.3 Å². The van der Waals surface area contributed by atoms with Gasteiger partial charge in [0.15, 0.2) is 5.78 Å². The number of carbonyl (C=O) groups excluding carboxylic acids is 3. The molecular formula is C19H25N5O3. The zero-order chi connectivity index (χ0) is 19.7. The van der Waals surface area contributed by atoms with Gasteiger partial charge in [-0.25, -0.2) is 4.98 Å². The molecule has 1 fully saturated rings. The van der Waals surface area contributed by atoms with Gasteiger partial charge in [0.05, 0.1) is 11.3 Å². The van der Waals surface area contributed by atoms with Gasteiger partial charge in [-0.2, -0.15) is 0 Å². The molecule has 8 heteroatoms. The van der Waals surface area contributed by atoms with Crippen molar-refractivity contribution in [3.8, 4) is 0 Å². The van der Waals surface area contributed by atoms with Gasteiger partial charge in [-0.1, -0.05) is 0 Å². The number of primary amides is 1. The summed E-state index contributed by atoms with van der Waals surface area (Å²) in [5.74, 6) is 0.502. The van der Waals surface area contributed by atoms with Gasteiger partial charge in [0, 0.05) is 44.0 Å². The molecule has 0 aliphatic carbocycles. The van der Waals surface area contributed by atoms with E-state index in [-0.39, 0.29) is 24.2 Å². The van der Waals surface area contributed by atoms with Crippen molar-refractivity contribution in [3.05, 3.63) is 40.7 Å². The second-order valence-corrected chi connectivity index (χ2v) is 7.13. The minimum atomic E-state index is -0.401. The van der Waals surface area contributed by atoms with Crippen LogP contribution in [0.3, 0.4) is 0 Å². The highest BCUT2D eigenvalue weighted by Gasteiger charge is 2.30. The van der Waals surface area contributed by atoms with Crippen LogP contribution in [0.1, 0.15) is 63.6 Å². The van der Waals surface area contributed by atoms with Crippen molar-refractivity contribution in [2.45, 2.75) is 46.1 Å². The van der Waals surface area contributed by atoms with Crippen LogP contribution < -0.4 is 5.73 Å². The summed E-state index contributed by atoms with van der Waals surface area (Å²) in [5, 5.41) is 0. The van der Waals surface area contributed by atoms with Gasteiger partial charge >= 0.3 is 0 Å². The van der Waals surface area contributed by atoms with E-state index in [9.17, 15) is 14.4 Å². The highest BCUT2D eigenvalue weighted by atomic mass is 16.2. The summed E-state index contributed by atoms with van der Waals surface area (Å²) in [6.45, 7) is 6.44. The predicted molar refractivity (Wildman–Crippen MR) is 99.6 cm³/mol. The van der Waals surface area contributed by atoms with Crippen LogP contribution in [0.15, 0.2) is 12.4 Å². The van der Waals surface area contributed by atoms with E-state index in [1.165, 1.54) is 6.92 Å². The van der Waals surface area contributed by atoms with Crippen molar-refractivity contribution in [2.24, 2.45) is 5.73 Å². The Balaban J connectivity index is 1.71. The Bertz CT molecular complexity index is 887. The zero-order valence-electron chi connectivity index (χ0n) is 15.9. The molecule has 0 radical (unpaired) electrons. The van der Waals surface area contributed by atoms with Gasteiger partial charge in [0.25, 0.3) is 5.91 Å². The van der Waals surface area contributed by atoms with E-state index in [4.69, 9.17) is 5.73 Å². The molecule has 1 aliphatic heterocycles. The molecule has 2 aromatic rings. The molecule has 3 heterocycles. The lowest BCUT2D eigenvalue weighted by Crippen LogP contribution is -2.39. The number of aromatic amines is 1. The van der Waals surface area contributed by atoms with E-state index in [2.05, 4.69) is 9.97 Å². The van der Waals surface area contributed by atoms with Crippen LogP contribution in [-0.2, 0) is 11.3 Å². The monoisotopic (exact) mass is 371 g/mol. The molecular weight excluding hydrogens is 346 g/mol. The lowest BCUT2D eigenvalue weighted by Gasteiger charge is -2.32. The Morgan fingerprint density at radius 1 is 1.26 bits per heavy atom. The Labute approximate surface area is 157 Å². The third kappa shape index (κ3) is 3.65. The smallest absolute Gasteiger partial charge is 0.255 e. The van der Waals surface area contributed by atoms with Crippen molar-refractivity contribution in [1.29, 1.82) is 0 Å². The normalized spacial score (nSPS) is 15.1. The molecule has 144 valence electrons. The highest BCUT2D eigenvalue weighted by molar-refractivity contribution is 6.02. The summed E-state index contributed by atoms with van der Waals surface area (Å²) in [4.78, 5) is 45.2. The van der Waals surface area contributed by atoms with Gasteiger partial charge in [-0.15, -0.1) is 0 Å². The molecule has 2 aromatic heterocycles. The number of nitrogens with two attached hydrogens (primary N) is 1. The van der Waals surface area contributed by atoms with Crippen molar-refractivity contribution < 1.29 is 14.4 Å². The van der Waals surface area contributed by atoms with E-state index < -0.39 is 5.91 Å². The fourth-order valence-electron chi connectivity index (χ4n) is 3.90. The summed E-state index contributed by atoms with van der Waals surface area (Å²) in [5.41, 5.74) is 7.82. The second-order valence-electron chi connectivity index (χ2n) is 7.13. The van der Waals surface area contributed by atoms with Gasteiger partial charge < -0.3 is 20.2 Å². The number of imidazole rings is 1. The Kier molecular flexibility index (Phi) is 5.16. The molecule has 3 rings (SSSR count). The Hall–Kier alpha value is -2.90. The molecule has 0 unspecified atom stereocenters. The average Bonchev–Trinajstić information content (AvgIpc) is 3.18. The number of rotatable bonds is 5. The number of aryl methyl sites for hydroxylation is 1. The number of hydrogen-bond acceptors (Lipinski definition) is 4. The molecule has 8 nitrogen and oxygen atoms in total. The second kappa shape index (κ2) is 7.38. The van der Waals surface area contributed by atoms with Crippen molar-refractivity contribution in [1.82, 2.24) is 19.4 Å². The maximum absolute atomic E-state index is 13.0. The fraction of sp³-hybridized carbons (Fsp3) is 0.474. The maximum atomic E-state index is 13.0. The molecule has 3 N–H and O–H groups in total. The first kappa shape index (κ1) is 18.9. The van der Waals surface area contributed by atoms with E-state index >= 15 is 0 Å². The maximum Gasteiger partial charge on any atom is 0.255 e. The number of carbonyl (C=O) groups is 3. The summed E-state index contributed by atoms with van der Waals surface area (Å²) < 4.78 is 1.78. The fourth-order valence-corrected chi connectivity index (χ4v) is 3.90. The third-order valence-electron chi connectivity index (χ3n) is 5.22. The number of hydrogen-bond donors (Lipinski definition) is 2. The van der Waals surface area contributed by atoms with E-state index in [0.717, 1.165) is 24.4 Å². The first-order valence-corrected chi connectivity index (χ1v) is 9.08. The number of ketones is 1. The standard InChI is InChI=1S/C19H25N5O3/c1-11-16(12(2)22-17(11)13(3)25)19(27)23-7-4-14(5-8-23)18-21-6-9-24(18)10-15(20)26/h6,9,14,22H,4-5,7-8,10H2,1-3H3,(H2,20,26). The molecule has 1 aliphatic rings. The molecule has 2 amide bonds. The number of nitrogens with zero attached hydrogens (tertiary/aromatic N) is 3. The first-order chi connectivity index (χ1) is 12.8. The minimum absolute atomic E-state index is 0.0484. The molecule has 0 aromatic carbocycles. The molecule has 0 saturated carbocycles. The summed E-state index contributed by atoms with van der Waals surface area (Å²) in [6.07, 6.45) is 4.96. The van der Waals surface area contributed by atoms with Crippen LogP contribution in [0.2, 0.25) is 0 Å². The largest absolute Gasteiger partial charge is 0.368 e. The van der Waals surface area contributed by atoms with Crippen molar-refractivity contribution in [2.75, 3.05) is 13.1 Å². The van der Waals surface area contributed by atoms with E-state index in [0.29, 0.717) is 29.9 Å².